The molecule has 35 heavy (non-hydrogen) atoms. The number of nitrogen functional groups attached to an aromatic ring is 1. The molecule has 1 atom stereocenters. The number of hydrogen-bond acceptors (Lipinski definition) is 6. The van der Waals surface area contributed by atoms with Gasteiger partial charge in [-0.1, -0.05) is 24.3 Å². The Morgan fingerprint density at radius 2 is 2.06 bits per heavy atom. The molecule has 0 aliphatic heterocycles. The Kier molecular flexibility index (Phi) is 6.71. The minimum Gasteiger partial charge on any atom is -0.384 e. The van der Waals surface area contributed by atoms with Gasteiger partial charge in [0, 0.05) is 29.3 Å². The van der Waals surface area contributed by atoms with E-state index in [1.54, 1.807) is 10.7 Å². The van der Waals surface area contributed by atoms with Crippen molar-refractivity contribution in [2.75, 3.05) is 5.73 Å². The van der Waals surface area contributed by atoms with Gasteiger partial charge in [0.15, 0.2) is 5.65 Å². The summed E-state index contributed by atoms with van der Waals surface area (Å²) >= 11 is 3.66. The molecule has 2 aliphatic carbocycles. The van der Waals surface area contributed by atoms with Crippen LogP contribution in [0.1, 0.15) is 62.8 Å². The molecular weight excluding hydrogens is 508 g/mol. The van der Waals surface area contributed by atoms with Crippen LogP contribution in [0.15, 0.2) is 47.2 Å². The number of carbonyl (C=O) groups is 1. The Morgan fingerprint density at radius 3 is 2.71 bits per heavy atom. The van der Waals surface area contributed by atoms with Gasteiger partial charge in [-0.25, -0.2) is 4.98 Å². The highest BCUT2D eigenvalue weighted by Gasteiger charge is 2.28. The van der Waals surface area contributed by atoms with Crippen molar-refractivity contribution in [2.24, 2.45) is 0 Å². The summed E-state index contributed by atoms with van der Waals surface area (Å²) in [5.74, 6) is 0.411. The molecule has 3 heterocycles. The number of nitrogens with two attached hydrogens (primary N) is 1. The van der Waals surface area contributed by atoms with E-state index in [4.69, 9.17) is 15.7 Å². The molecule has 0 bridgehead atoms. The van der Waals surface area contributed by atoms with E-state index < -0.39 is 6.10 Å². The molecule has 0 radical (unpaired) electrons. The van der Waals surface area contributed by atoms with E-state index in [0.717, 1.165) is 65.5 Å². The van der Waals surface area contributed by atoms with Crippen LogP contribution in [0, 0.1) is 0 Å². The number of aliphatic hydroxyl groups is 1. The van der Waals surface area contributed by atoms with Gasteiger partial charge in [0.05, 0.1) is 22.1 Å². The predicted octanol–water partition coefficient (Wildman–Crippen LogP) is 4.39. The average molecular weight is 537 g/mol. The first-order valence-corrected chi connectivity index (χ1v) is 12.8. The number of halogens is 1. The van der Waals surface area contributed by atoms with Gasteiger partial charge in [-0.05, 0) is 73.0 Å². The lowest BCUT2D eigenvalue weighted by atomic mass is 9.84. The van der Waals surface area contributed by atoms with Crippen molar-refractivity contribution >= 4 is 38.9 Å². The second-order valence-electron chi connectivity index (χ2n) is 9.31. The van der Waals surface area contributed by atoms with Gasteiger partial charge in [-0.2, -0.15) is 9.61 Å². The Balaban J connectivity index is 1.41. The first kappa shape index (κ1) is 23.7. The third-order valence-electron chi connectivity index (χ3n) is 6.91. The summed E-state index contributed by atoms with van der Waals surface area (Å²) in [7, 11) is 0. The summed E-state index contributed by atoms with van der Waals surface area (Å²) in [6.07, 6.45) is 14.5. The molecular formula is C26H29BrN6O2. The van der Waals surface area contributed by atoms with Crippen LogP contribution in [0.3, 0.4) is 0 Å². The Morgan fingerprint density at radius 1 is 1.26 bits per heavy atom. The molecule has 1 saturated carbocycles. The number of carbonyl (C=O) groups excluding carboxylic acids is 1. The predicted molar refractivity (Wildman–Crippen MR) is 140 cm³/mol. The monoisotopic (exact) mass is 536 g/mol. The molecule has 0 spiro atoms. The molecule has 4 N–H and O–H groups in total. The van der Waals surface area contributed by atoms with Gasteiger partial charge >= 0.3 is 0 Å². The minimum absolute atomic E-state index is 0.0677. The zero-order valence-corrected chi connectivity index (χ0v) is 21.2. The molecule has 0 saturated heterocycles. The van der Waals surface area contributed by atoms with Crippen LogP contribution in [0.5, 0.6) is 0 Å². The summed E-state index contributed by atoms with van der Waals surface area (Å²) in [5.41, 5.74) is 12.2. The molecule has 1 amide bonds. The van der Waals surface area contributed by atoms with Crippen LogP contribution in [0.2, 0.25) is 0 Å². The van der Waals surface area contributed by atoms with Crippen molar-refractivity contribution in [1.82, 2.24) is 24.9 Å². The largest absolute Gasteiger partial charge is 0.384 e. The van der Waals surface area contributed by atoms with Gasteiger partial charge in [0.2, 0.25) is 5.91 Å². The molecule has 8 nitrogen and oxygen atoms in total. The lowest BCUT2D eigenvalue weighted by Crippen LogP contribution is -2.42. The molecule has 2 aliphatic rings. The fourth-order valence-electron chi connectivity index (χ4n) is 4.88. The van der Waals surface area contributed by atoms with E-state index >= 15 is 0 Å². The van der Waals surface area contributed by atoms with Gasteiger partial charge in [-0.3, -0.25) is 9.78 Å². The number of rotatable bonds is 5. The maximum atomic E-state index is 11.8. The van der Waals surface area contributed by atoms with Crippen LogP contribution in [0.4, 0.5) is 5.82 Å². The number of anilines is 1. The topological polar surface area (TPSA) is 118 Å². The molecule has 3 aromatic heterocycles. The zero-order chi connectivity index (χ0) is 24.5. The summed E-state index contributed by atoms with van der Waals surface area (Å²) in [4.78, 5) is 21.6. The zero-order valence-electron chi connectivity index (χ0n) is 19.6. The molecule has 1 fully saturated rings. The summed E-state index contributed by atoms with van der Waals surface area (Å²) in [6, 6.07) is 4.18. The molecule has 5 rings (SSSR count). The maximum absolute atomic E-state index is 11.8. The van der Waals surface area contributed by atoms with Gasteiger partial charge in [-0.15, -0.1) is 0 Å². The summed E-state index contributed by atoms with van der Waals surface area (Å²) in [6.45, 7) is 1.48. The van der Waals surface area contributed by atoms with Crippen LogP contribution in [-0.4, -0.2) is 42.7 Å². The lowest BCUT2D eigenvalue weighted by Gasteiger charge is -2.29. The second-order valence-corrected chi connectivity index (χ2v) is 10.1. The van der Waals surface area contributed by atoms with Crippen molar-refractivity contribution in [2.45, 2.75) is 63.5 Å². The molecule has 0 aromatic carbocycles. The molecule has 3 aromatic rings. The van der Waals surface area contributed by atoms with Gasteiger partial charge in [0.25, 0.3) is 0 Å². The van der Waals surface area contributed by atoms with E-state index in [1.807, 2.05) is 6.20 Å². The van der Waals surface area contributed by atoms with Gasteiger partial charge < -0.3 is 16.2 Å². The number of pyridine rings is 1. The van der Waals surface area contributed by atoms with E-state index in [1.165, 1.54) is 12.5 Å². The highest BCUT2D eigenvalue weighted by Crippen LogP contribution is 2.39. The second kappa shape index (κ2) is 9.91. The van der Waals surface area contributed by atoms with Crippen molar-refractivity contribution in [3.63, 3.8) is 0 Å². The molecule has 0 unspecified atom stereocenters. The van der Waals surface area contributed by atoms with Crippen molar-refractivity contribution in [3.05, 3.63) is 58.6 Å². The quantitative estimate of drug-likeness (QED) is 0.444. The van der Waals surface area contributed by atoms with Crippen LogP contribution >= 0.6 is 15.9 Å². The van der Waals surface area contributed by atoms with Crippen LogP contribution in [0.25, 0.3) is 22.3 Å². The van der Waals surface area contributed by atoms with Crippen LogP contribution in [-0.2, 0) is 4.79 Å². The first-order valence-electron chi connectivity index (χ1n) is 12.1. The number of nitrogens with one attached hydrogen (secondary N) is 1. The fraction of sp³-hybridized carbons (Fsp3) is 0.385. The minimum atomic E-state index is -0.995. The average Bonchev–Trinajstić information content (AvgIpc) is 3.31. The summed E-state index contributed by atoms with van der Waals surface area (Å²) in [5, 5.41) is 16.9. The highest BCUT2D eigenvalue weighted by molar-refractivity contribution is 9.10. The first-order chi connectivity index (χ1) is 16.9. The third-order valence-corrected chi connectivity index (χ3v) is 7.72. The standard InChI is InChI=1S/C26H29BrN6O2/c1-15(34)26(35)31-19-10-7-17(8-11-19)23-22(27)24(28)33-25(32-23)20(14-30-33)18-9-12-21(29-13-18)16-5-3-2-4-6-16/h2-3,5,9,12-15,17,19,34H,4,6-8,10-11,28H2,1H3,(H,31,35)/t15-,17?,19?/m1/s1. The lowest BCUT2D eigenvalue weighted by molar-refractivity contribution is -0.129. The number of allylic oxidation sites excluding steroid dienone is 4. The van der Waals surface area contributed by atoms with E-state index in [9.17, 15) is 9.90 Å². The van der Waals surface area contributed by atoms with E-state index in [-0.39, 0.29) is 17.9 Å². The Hall–Kier alpha value is -3.04. The van der Waals surface area contributed by atoms with Crippen molar-refractivity contribution in [3.8, 4) is 11.1 Å². The SMILES string of the molecule is C[C@@H](O)C(=O)NC1CCC(c2nc3c(-c4ccc(C5=CC=CCC5)nc4)cnn3c(N)c2Br)CC1. The molecule has 9 heteroatoms. The highest BCUT2D eigenvalue weighted by atomic mass is 79.9. The van der Waals surface area contributed by atoms with E-state index in [0.29, 0.717) is 11.5 Å². The number of aromatic nitrogens is 4. The number of amides is 1. The third kappa shape index (κ3) is 4.75. The van der Waals surface area contributed by atoms with Gasteiger partial charge in [0.1, 0.15) is 11.9 Å². The number of hydrogen-bond donors (Lipinski definition) is 3. The van der Waals surface area contributed by atoms with Crippen LogP contribution < -0.4 is 11.1 Å². The summed E-state index contributed by atoms with van der Waals surface area (Å²) < 4.78 is 2.43. The molecule has 182 valence electrons. The van der Waals surface area contributed by atoms with Crippen molar-refractivity contribution < 1.29 is 9.90 Å². The number of aliphatic hydroxyl groups excluding tert-OH is 1. The smallest absolute Gasteiger partial charge is 0.248 e. The fourth-order valence-corrected chi connectivity index (χ4v) is 5.46. The number of fused-ring (bicyclic) bond motifs is 1. The van der Waals surface area contributed by atoms with Crippen molar-refractivity contribution in [1.29, 1.82) is 0 Å². The normalized spacial score (nSPS) is 21.1. The number of nitrogens with zero attached hydrogens (tertiary/aromatic N) is 4. The Labute approximate surface area is 212 Å². The Bertz CT molecular complexity index is 1300. The maximum Gasteiger partial charge on any atom is 0.248 e. The van der Waals surface area contributed by atoms with E-state index in [2.05, 4.69) is 56.7 Å².